The molecular weight excluding hydrogens is 190 g/mol. The largest absolute Gasteiger partial charge is 0.496 e. The lowest BCUT2D eigenvalue weighted by Gasteiger charge is -2.11. The molecule has 0 bridgehead atoms. The first-order valence-electron chi connectivity index (χ1n) is 4.67. The molecule has 0 saturated carbocycles. The summed E-state index contributed by atoms with van der Waals surface area (Å²) in [4.78, 5) is 11.1. The minimum Gasteiger partial charge on any atom is -0.496 e. The number of carbonyl (C=O) groups is 1. The number of hydrogen-bond donors (Lipinski definition) is 1. The number of aryl methyl sites for hydroxylation is 2. The summed E-state index contributed by atoms with van der Waals surface area (Å²) >= 11 is 0. The topological polar surface area (TPSA) is 38.3 Å². The summed E-state index contributed by atoms with van der Waals surface area (Å²) in [5.41, 5.74) is 2.74. The van der Waals surface area contributed by atoms with E-state index in [0.717, 1.165) is 22.6 Å². The van der Waals surface area contributed by atoms with E-state index in [-0.39, 0.29) is 5.91 Å². The number of amides is 1. The Balaban J connectivity index is 3.05. The van der Waals surface area contributed by atoms with Gasteiger partial charge in [-0.3, -0.25) is 4.79 Å². The van der Waals surface area contributed by atoms with Gasteiger partial charge in [-0.15, -0.1) is 0 Å². The highest BCUT2D eigenvalue weighted by Crippen LogP contribution is 2.25. The number of rotatable bonds is 3. The van der Waals surface area contributed by atoms with Crippen LogP contribution < -0.4 is 10.1 Å². The van der Waals surface area contributed by atoms with Crippen LogP contribution in [-0.2, 0) is 4.79 Å². The number of methoxy groups -OCH3 is 1. The number of carbonyl (C=O) groups excluding carboxylic acids is 1. The van der Waals surface area contributed by atoms with E-state index in [1.54, 1.807) is 7.11 Å². The highest BCUT2D eigenvalue weighted by atomic mass is 16.5. The van der Waals surface area contributed by atoms with Crippen molar-refractivity contribution in [3.05, 3.63) is 35.9 Å². The molecular formula is C12H15NO2. The molecule has 0 radical (unpaired) electrons. The molecule has 3 nitrogen and oxygen atoms in total. The molecule has 0 aliphatic rings. The molecule has 3 heteroatoms. The molecule has 0 atom stereocenters. The second kappa shape index (κ2) is 4.64. The van der Waals surface area contributed by atoms with Gasteiger partial charge in [0.25, 0.3) is 0 Å². The zero-order chi connectivity index (χ0) is 11.4. The second-order valence-electron chi connectivity index (χ2n) is 3.33. The van der Waals surface area contributed by atoms with Gasteiger partial charge in [0.1, 0.15) is 5.75 Å². The van der Waals surface area contributed by atoms with E-state index in [1.807, 2.05) is 26.0 Å². The summed E-state index contributed by atoms with van der Waals surface area (Å²) in [6.45, 7) is 7.26. The fourth-order valence-electron chi connectivity index (χ4n) is 1.33. The molecule has 1 N–H and O–H groups in total. The number of nitrogens with one attached hydrogen (secondary N) is 1. The zero-order valence-corrected chi connectivity index (χ0v) is 9.26. The van der Waals surface area contributed by atoms with Crippen molar-refractivity contribution in [1.82, 2.24) is 0 Å². The predicted octanol–water partition coefficient (Wildman–Crippen LogP) is 2.44. The molecule has 0 spiro atoms. The third-order valence-electron chi connectivity index (χ3n) is 2.19. The van der Waals surface area contributed by atoms with Crippen LogP contribution in [0.25, 0.3) is 0 Å². The van der Waals surface area contributed by atoms with E-state index in [4.69, 9.17) is 4.74 Å². The van der Waals surface area contributed by atoms with E-state index in [1.165, 1.54) is 6.08 Å². The van der Waals surface area contributed by atoms with Crippen LogP contribution in [0.4, 0.5) is 5.69 Å². The molecule has 0 aliphatic carbocycles. The van der Waals surface area contributed by atoms with E-state index in [9.17, 15) is 4.79 Å². The van der Waals surface area contributed by atoms with Crippen LogP contribution in [0, 0.1) is 13.8 Å². The second-order valence-corrected chi connectivity index (χ2v) is 3.33. The van der Waals surface area contributed by atoms with E-state index >= 15 is 0 Å². The van der Waals surface area contributed by atoms with Crippen LogP contribution in [0.15, 0.2) is 24.8 Å². The van der Waals surface area contributed by atoms with Crippen molar-refractivity contribution in [2.75, 3.05) is 12.4 Å². The molecule has 0 fully saturated rings. The Hall–Kier alpha value is -1.77. The Labute approximate surface area is 89.8 Å². The number of ether oxygens (including phenoxy) is 1. The van der Waals surface area contributed by atoms with Crippen LogP contribution in [-0.4, -0.2) is 13.0 Å². The van der Waals surface area contributed by atoms with Gasteiger partial charge < -0.3 is 10.1 Å². The Morgan fingerprint density at radius 1 is 1.40 bits per heavy atom. The van der Waals surface area contributed by atoms with Gasteiger partial charge in [-0.25, -0.2) is 0 Å². The summed E-state index contributed by atoms with van der Waals surface area (Å²) in [7, 11) is 1.63. The maximum Gasteiger partial charge on any atom is 0.247 e. The maximum atomic E-state index is 11.1. The lowest BCUT2D eigenvalue weighted by molar-refractivity contribution is -0.111. The molecule has 1 rings (SSSR count). The highest BCUT2D eigenvalue weighted by Gasteiger charge is 2.05. The standard InChI is InChI=1S/C12H15NO2/c1-5-12(14)13-10-6-9(3)11(15-4)7-8(10)2/h5-7H,1H2,2-4H3,(H,13,14). The number of hydrogen-bond acceptors (Lipinski definition) is 2. The van der Waals surface area contributed by atoms with Gasteiger partial charge in [0.05, 0.1) is 7.11 Å². The number of benzene rings is 1. The van der Waals surface area contributed by atoms with Crippen LogP contribution in [0.5, 0.6) is 5.75 Å². The lowest BCUT2D eigenvalue weighted by atomic mass is 10.1. The van der Waals surface area contributed by atoms with Crippen molar-refractivity contribution in [3.8, 4) is 5.75 Å². The summed E-state index contributed by atoms with van der Waals surface area (Å²) < 4.78 is 5.18. The van der Waals surface area contributed by atoms with Crippen molar-refractivity contribution in [3.63, 3.8) is 0 Å². The minimum absolute atomic E-state index is 0.206. The quantitative estimate of drug-likeness (QED) is 0.770. The van der Waals surface area contributed by atoms with Gasteiger partial charge >= 0.3 is 0 Å². The molecule has 0 saturated heterocycles. The lowest BCUT2D eigenvalue weighted by Crippen LogP contribution is -2.08. The Morgan fingerprint density at radius 3 is 2.60 bits per heavy atom. The normalized spacial score (nSPS) is 9.53. The van der Waals surface area contributed by atoms with Crippen molar-refractivity contribution in [2.45, 2.75) is 13.8 Å². The van der Waals surface area contributed by atoms with Gasteiger partial charge in [-0.2, -0.15) is 0 Å². The first-order valence-corrected chi connectivity index (χ1v) is 4.67. The highest BCUT2D eigenvalue weighted by molar-refractivity contribution is 5.99. The van der Waals surface area contributed by atoms with Crippen molar-refractivity contribution < 1.29 is 9.53 Å². The predicted molar refractivity (Wildman–Crippen MR) is 61.3 cm³/mol. The molecule has 0 aromatic heterocycles. The number of anilines is 1. The molecule has 1 aromatic carbocycles. The van der Waals surface area contributed by atoms with Crippen LogP contribution in [0.2, 0.25) is 0 Å². The van der Waals surface area contributed by atoms with Crippen LogP contribution in [0.1, 0.15) is 11.1 Å². The summed E-state index contributed by atoms with van der Waals surface area (Å²) in [5.74, 6) is 0.617. The monoisotopic (exact) mass is 205 g/mol. The fourth-order valence-corrected chi connectivity index (χ4v) is 1.33. The summed E-state index contributed by atoms with van der Waals surface area (Å²) in [5, 5.41) is 2.74. The maximum absolute atomic E-state index is 11.1. The van der Waals surface area contributed by atoms with Gasteiger partial charge in [0, 0.05) is 5.69 Å². The van der Waals surface area contributed by atoms with Crippen molar-refractivity contribution >= 4 is 11.6 Å². The van der Waals surface area contributed by atoms with Gasteiger partial charge in [0.2, 0.25) is 5.91 Å². The fraction of sp³-hybridized carbons (Fsp3) is 0.250. The van der Waals surface area contributed by atoms with Crippen molar-refractivity contribution in [1.29, 1.82) is 0 Å². The van der Waals surface area contributed by atoms with Gasteiger partial charge in [-0.05, 0) is 43.2 Å². The Kier molecular flexibility index (Phi) is 3.50. The van der Waals surface area contributed by atoms with Crippen LogP contribution in [0.3, 0.4) is 0 Å². The summed E-state index contributed by atoms with van der Waals surface area (Å²) in [6.07, 6.45) is 1.25. The van der Waals surface area contributed by atoms with E-state index in [2.05, 4.69) is 11.9 Å². The smallest absolute Gasteiger partial charge is 0.247 e. The third-order valence-corrected chi connectivity index (χ3v) is 2.19. The molecule has 15 heavy (non-hydrogen) atoms. The zero-order valence-electron chi connectivity index (χ0n) is 9.26. The summed E-state index contributed by atoms with van der Waals surface area (Å²) in [6, 6.07) is 3.78. The molecule has 0 heterocycles. The first-order chi connectivity index (χ1) is 7.08. The Bertz CT molecular complexity index is 397. The average molecular weight is 205 g/mol. The molecule has 0 aliphatic heterocycles. The van der Waals surface area contributed by atoms with Gasteiger partial charge in [0.15, 0.2) is 0 Å². The van der Waals surface area contributed by atoms with E-state index in [0.29, 0.717) is 0 Å². The molecule has 1 aromatic rings. The average Bonchev–Trinajstić information content (AvgIpc) is 2.22. The van der Waals surface area contributed by atoms with Gasteiger partial charge in [-0.1, -0.05) is 6.58 Å². The van der Waals surface area contributed by atoms with Crippen LogP contribution >= 0.6 is 0 Å². The first kappa shape index (κ1) is 11.3. The third kappa shape index (κ3) is 2.59. The molecule has 0 unspecified atom stereocenters. The van der Waals surface area contributed by atoms with Crippen molar-refractivity contribution in [2.24, 2.45) is 0 Å². The minimum atomic E-state index is -0.206. The SMILES string of the molecule is C=CC(=O)Nc1cc(C)c(OC)cc1C. The molecule has 1 amide bonds. The Morgan fingerprint density at radius 2 is 2.07 bits per heavy atom. The molecule has 80 valence electrons. The van der Waals surface area contributed by atoms with E-state index < -0.39 is 0 Å².